The fourth-order valence-corrected chi connectivity index (χ4v) is 10.2. The van der Waals surface area contributed by atoms with E-state index in [-0.39, 0.29) is 0 Å². The highest BCUT2D eigenvalue weighted by Crippen LogP contribution is 2.69. The first kappa shape index (κ1) is 20.9. The van der Waals surface area contributed by atoms with Crippen LogP contribution in [0.25, 0.3) is 0 Å². The fourth-order valence-electron chi connectivity index (χ4n) is 1.70. The van der Waals surface area contributed by atoms with E-state index in [1.54, 1.807) is 62.8 Å². The van der Waals surface area contributed by atoms with Gasteiger partial charge < -0.3 is 18.5 Å². The maximum Gasteiger partial charge on any atom is 0.301 e. The molecule has 0 heterocycles. The molecular weight excluding hydrogens is 438 g/mol. The zero-order valence-corrected chi connectivity index (χ0v) is 18.5. The number of thiol groups is 2. The maximum atomic E-state index is 5.64. The summed E-state index contributed by atoms with van der Waals surface area (Å²) in [6.45, 7) is 0. The van der Waals surface area contributed by atoms with Crippen molar-refractivity contribution in [3.05, 3.63) is 48.5 Å². The standard InChI is InChI=1S/C14H16O5P2S4/c1-15-11-3-7-13(8-4-11)17-20(22,23)19-21(24,25)18-14-9-5-12(16-2)6-10-14/h3-10H,1-2H3,(H,22,23)(H,24,25). The molecule has 0 bridgehead atoms. The average Bonchev–Trinajstić information content (AvgIpc) is 2.54. The summed E-state index contributed by atoms with van der Waals surface area (Å²) in [6, 6.07) is 13.8. The summed E-state index contributed by atoms with van der Waals surface area (Å²) in [5.74, 6) is 2.38. The van der Waals surface area contributed by atoms with Gasteiger partial charge in [0.25, 0.3) is 0 Å². The number of rotatable bonds is 8. The van der Waals surface area contributed by atoms with Gasteiger partial charge in [-0.15, -0.1) is 0 Å². The van der Waals surface area contributed by atoms with Gasteiger partial charge >= 0.3 is 11.4 Å². The molecule has 136 valence electrons. The highest BCUT2D eigenvalue weighted by Gasteiger charge is 2.27. The summed E-state index contributed by atoms with van der Waals surface area (Å²) in [4.78, 5) is 0. The number of ether oxygens (including phenoxy) is 2. The van der Waals surface area contributed by atoms with Gasteiger partial charge in [-0.05, 0) is 72.1 Å². The molecule has 0 aliphatic carbocycles. The number of methoxy groups -OCH3 is 2. The van der Waals surface area contributed by atoms with Crippen molar-refractivity contribution in [3.8, 4) is 23.0 Å². The molecule has 0 N–H and O–H groups in total. The fraction of sp³-hybridized carbons (Fsp3) is 0.143. The molecule has 0 fully saturated rings. The third-order valence-electron chi connectivity index (χ3n) is 2.77. The Balaban J connectivity index is 2.03. The lowest BCUT2D eigenvalue weighted by atomic mass is 10.3. The average molecular weight is 454 g/mol. The molecule has 0 saturated carbocycles. The van der Waals surface area contributed by atoms with E-state index in [1.807, 2.05) is 0 Å². The summed E-state index contributed by atoms with van der Waals surface area (Å²) in [5, 5.41) is 0. The van der Waals surface area contributed by atoms with Crippen LogP contribution in [0.2, 0.25) is 0 Å². The molecule has 0 aliphatic heterocycles. The van der Waals surface area contributed by atoms with Crippen molar-refractivity contribution < 1.29 is 22.8 Å². The van der Waals surface area contributed by atoms with Crippen molar-refractivity contribution >= 4 is 59.5 Å². The minimum absolute atomic E-state index is 0.493. The van der Waals surface area contributed by atoms with Crippen molar-refractivity contribution in [1.29, 1.82) is 0 Å². The van der Waals surface area contributed by atoms with E-state index >= 15 is 0 Å². The predicted octanol–water partition coefficient (Wildman–Crippen LogP) is 5.49. The molecule has 2 unspecified atom stereocenters. The summed E-state index contributed by atoms with van der Waals surface area (Å²) >= 11 is 19.2. The van der Waals surface area contributed by atoms with E-state index in [0.717, 1.165) is 0 Å². The zero-order valence-electron chi connectivity index (χ0n) is 13.3. The normalized spacial score (nSPS) is 15.5. The van der Waals surface area contributed by atoms with Gasteiger partial charge in [0, 0.05) is 0 Å². The second kappa shape index (κ2) is 9.00. The molecule has 0 amide bonds. The Morgan fingerprint density at radius 3 is 1.20 bits per heavy atom. The second-order valence-electron chi connectivity index (χ2n) is 4.55. The number of hydrogen-bond acceptors (Lipinski definition) is 7. The van der Waals surface area contributed by atoms with Crippen molar-refractivity contribution in [2.75, 3.05) is 14.2 Å². The van der Waals surface area contributed by atoms with E-state index in [9.17, 15) is 0 Å². The van der Waals surface area contributed by atoms with Crippen LogP contribution in [0.15, 0.2) is 48.5 Å². The van der Waals surface area contributed by atoms with Crippen LogP contribution in [0.5, 0.6) is 23.0 Å². The molecule has 0 aromatic heterocycles. The van der Waals surface area contributed by atoms with E-state index < -0.39 is 11.4 Å². The monoisotopic (exact) mass is 454 g/mol. The van der Waals surface area contributed by atoms with Crippen LogP contribution < -0.4 is 18.5 Å². The van der Waals surface area contributed by atoms with E-state index in [2.05, 4.69) is 24.5 Å². The van der Waals surface area contributed by atoms with Crippen LogP contribution in [0.1, 0.15) is 0 Å². The number of hydrogen-bond donors (Lipinski definition) is 2. The van der Waals surface area contributed by atoms with Gasteiger partial charge in [-0.2, -0.15) is 0 Å². The lowest BCUT2D eigenvalue weighted by molar-refractivity contribution is 0.413. The Hall–Kier alpha value is -0.400. The Labute approximate surface area is 167 Å². The van der Waals surface area contributed by atoms with Crippen molar-refractivity contribution in [3.63, 3.8) is 0 Å². The van der Waals surface area contributed by atoms with Crippen LogP contribution in [0, 0.1) is 0 Å². The molecule has 0 radical (unpaired) electrons. The molecule has 0 spiro atoms. The minimum atomic E-state index is -3.01. The SMILES string of the molecule is COc1ccc(OP(=S)(S)OP(=S)(S)Oc2ccc(OC)cc2)cc1. The second-order valence-corrected chi connectivity index (χ2v) is 15.1. The lowest BCUT2D eigenvalue weighted by Gasteiger charge is -2.24. The molecule has 2 aromatic carbocycles. The van der Waals surface area contributed by atoms with E-state index in [1.165, 1.54) is 0 Å². The maximum absolute atomic E-state index is 5.64. The largest absolute Gasteiger partial charge is 0.497 e. The molecule has 0 saturated heterocycles. The first-order valence-electron chi connectivity index (χ1n) is 6.77. The predicted molar refractivity (Wildman–Crippen MR) is 115 cm³/mol. The van der Waals surface area contributed by atoms with Gasteiger partial charge in [-0.25, -0.2) is 4.31 Å². The van der Waals surface area contributed by atoms with Gasteiger partial charge in [-0.3, -0.25) is 0 Å². The Kier molecular flexibility index (Phi) is 7.52. The van der Waals surface area contributed by atoms with E-state index in [0.29, 0.717) is 23.0 Å². The highest BCUT2D eigenvalue weighted by atomic mass is 32.9. The first-order chi connectivity index (χ1) is 11.7. The molecule has 5 nitrogen and oxygen atoms in total. The molecule has 2 atom stereocenters. The smallest absolute Gasteiger partial charge is 0.301 e. The number of benzene rings is 2. The van der Waals surface area contributed by atoms with Gasteiger partial charge in [0.1, 0.15) is 23.0 Å². The lowest BCUT2D eigenvalue weighted by Crippen LogP contribution is -1.94. The Morgan fingerprint density at radius 1 is 0.640 bits per heavy atom. The summed E-state index contributed by atoms with van der Waals surface area (Å²) in [7, 11) is 3.16. The molecule has 25 heavy (non-hydrogen) atoms. The van der Waals surface area contributed by atoms with Crippen LogP contribution in [-0.2, 0) is 27.9 Å². The van der Waals surface area contributed by atoms with E-state index in [4.69, 9.17) is 46.4 Å². The van der Waals surface area contributed by atoms with Crippen LogP contribution in [-0.4, -0.2) is 14.2 Å². The Morgan fingerprint density at radius 2 is 0.920 bits per heavy atom. The van der Waals surface area contributed by atoms with Crippen LogP contribution >= 0.6 is 35.9 Å². The summed E-state index contributed by atoms with van der Waals surface area (Å²) < 4.78 is 27.1. The third-order valence-corrected chi connectivity index (χ3v) is 8.75. The van der Waals surface area contributed by atoms with Crippen LogP contribution in [0.4, 0.5) is 0 Å². The Bertz CT molecular complexity index is 730. The van der Waals surface area contributed by atoms with Crippen molar-refractivity contribution in [2.45, 2.75) is 0 Å². The molecular formula is C14H16O5P2S4. The minimum Gasteiger partial charge on any atom is -0.497 e. The van der Waals surface area contributed by atoms with Crippen LogP contribution in [0.3, 0.4) is 0 Å². The topological polar surface area (TPSA) is 46.2 Å². The highest BCUT2D eigenvalue weighted by molar-refractivity contribution is 8.66. The zero-order chi connectivity index (χ0) is 18.5. The summed E-state index contributed by atoms with van der Waals surface area (Å²) in [6.07, 6.45) is 0. The van der Waals surface area contributed by atoms with Gasteiger partial charge in [-0.1, -0.05) is 24.5 Å². The van der Waals surface area contributed by atoms with Crippen molar-refractivity contribution in [2.24, 2.45) is 0 Å². The van der Waals surface area contributed by atoms with Gasteiger partial charge in [0.15, 0.2) is 0 Å². The molecule has 2 aromatic rings. The third kappa shape index (κ3) is 7.02. The van der Waals surface area contributed by atoms with Gasteiger partial charge in [0.2, 0.25) is 0 Å². The molecule has 11 heteroatoms. The first-order valence-corrected chi connectivity index (χ1v) is 14.4. The van der Waals surface area contributed by atoms with Crippen molar-refractivity contribution in [1.82, 2.24) is 0 Å². The molecule has 2 rings (SSSR count). The molecule has 0 aliphatic rings. The quantitative estimate of drug-likeness (QED) is 0.404. The van der Waals surface area contributed by atoms with Gasteiger partial charge in [0.05, 0.1) is 14.2 Å². The summed E-state index contributed by atoms with van der Waals surface area (Å²) in [5.41, 5.74) is -6.01.